The Morgan fingerprint density at radius 2 is 1.60 bits per heavy atom. The highest BCUT2D eigenvalue weighted by Crippen LogP contribution is 2.42. The highest BCUT2D eigenvalue weighted by molar-refractivity contribution is 6.03. The van der Waals surface area contributed by atoms with Crippen LogP contribution in [-0.2, 0) is 12.8 Å². The molecule has 0 fully saturated rings. The number of carbonyl (C=O) groups is 1. The van der Waals surface area contributed by atoms with Crippen molar-refractivity contribution in [1.29, 1.82) is 0 Å². The number of carbonyl (C=O) groups excluding carboxylic acids is 1. The van der Waals surface area contributed by atoms with Crippen molar-refractivity contribution in [3.8, 4) is 17.2 Å². The van der Waals surface area contributed by atoms with Crippen LogP contribution in [0.5, 0.6) is 17.2 Å². The Morgan fingerprint density at radius 3 is 2.27 bits per heavy atom. The van der Waals surface area contributed by atoms with Gasteiger partial charge in [-0.05, 0) is 75.9 Å². The van der Waals surface area contributed by atoms with E-state index in [0.29, 0.717) is 35.3 Å². The summed E-state index contributed by atoms with van der Waals surface area (Å²) in [6, 6.07) is 7.88. The maximum absolute atomic E-state index is 12.9. The van der Waals surface area contributed by atoms with Crippen LogP contribution >= 0.6 is 0 Å². The van der Waals surface area contributed by atoms with Gasteiger partial charge in [0.15, 0.2) is 18.0 Å². The van der Waals surface area contributed by atoms with E-state index in [1.807, 2.05) is 39.8 Å². The second kappa shape index (κ2) is 8.76. The summed E-state index contributed by atoms with van der Waals surface area (Å²) < 4.78 is 6.11. The lowest BCUT2D eigenvalue weighted by atomic mass is 9.90. The van der Waals surface area contributed by atoms with Crippen LogP contribution in [0, 0.1) is 0 Å². The van der Waals surface area contributed by atoms with Crippen molar-refractivity contribution < 1.29 is 24.9 Å². The van der Waals surface area contributed by atoms with Crippen molar-refractivity contribution in [2.45, 2.75) is 52.7 Å². The number of benzene rings is 2. The maximum atomic E-state index is 12.9. The average molecular weight is 408 g/mol. The lowest BCUT2D eigenvalue weighted by molar-refractivity contribution is 0.0211. The second-order valence-electron chi connectivity index (χ2n) is 8.15. The Hall–Kier alpha value is -3.05. The normalized spacial score (nSPS) is 17.7. The number of phenolic OH excluding ortho intramolecular Hbond substituents is 2. The smallest absolute Gasteiger partial charge is 0.199 e. The molecule has 0 saturated carbocycles. The van der Waals surface area contributed by atoms with E-state index < -0.39 is 18.0 Å². The molecule has 2 aromatic rings. The van der Waals surface area contributed by atoms with Crippen LogP contribution in [0.4, 0.5) is 0 Å². The molecule has 5 nitrogen and oxygen atoms in total. The summed E-state index contributed by atoms with van der Waals surface area (Å²) in [6.45, 7) is 7.86. The summed E-state index contributed by atoms with van der Waals surface area (Å²) >= 11 is 0. The Labute approximate surface area is 177 Å². The standard InChI is InChI=1S/C25H28O5/c1-14(2)5-7-16-13-17(8-11-20(16)26)24-23(29)22(28)19-10-12-21(27)18(25(19)30-24)9-6-15(3)4/h5-6,8,10-13,23-24,26-27,29H,7,9H2,1-4H3/t23-,24?/m0/s1. The third kappa shape index (κ3) is 4.41. The number of hydrogen-bond donors (Lipinski definition) is 3. The highest BCUT2D eigenvalue weighted by Gasteiger charge is 2.38. The molecule has 3 rings (SSSR count). The fraction of sp³-hybridized carbons (Fsp3) is 0.320. The molecule has 0 bridgehead atoms. The maximum Gasteiger partial charge on any atom is 0.199 e. The van der Waals surface area contributed by atoms with Crippen LogP contribution in [0.25, 0.3) is 0 Å². The van der Waals surface area contributed by atoms with Gasteiger partial charge in [0.05, 0.1) is 5.56 Å². The van der Waals surface area contributed by atoms with Gasteiger partial charge in [-0.2, -0.15) is 0 Å². The summed E-state index contributed by atoms with van der Waals surface area (Å²) in [5, 5.41) is 31.2. The number of ether oxygens (including phenoxy) is 1. The van der Waals surface area contributed by atoms with E-state index in [-0.39, 0.29) is 17.1 Å². The first kappa shape index (κ1) is 21.7. The number of phenols is 2. The Kier molecular flexibility index (Phi) is 6.32. The number of aliphatic hydroxyl groups excluding tert-OH is 1. The molecule has 5 heteroatoms. The fourth-order valence-corrected chi connectivity index (χ4v) is 3.45. The summed E-state index contributed by atoms with van der Waals surface area (Å²) in [7, 11) is 0. The first-order valence-corrected chi connectivity index (χ1v) is 10.0. The highest BCUT2D eigenvalue weighted by atomic mass is 16.5. The molecule has 1 aliphatic heterocycles. The summed E-state index contributed by atoms with van der Waals surface area (Å²) in [5.41, 5.74) is 4.25. The summed E-state index contributed by atoms with van der Waals surface area (Å²) in [6.07, 6.45) is 2.58. The molecular formula is C25H28O5. The molecular weight excluding hydrogens is 380 g/mol. The number of ketones is 1. The van der Waals surface area contributed by atoms with Crippen molar-refractivity contribution in [2.75, 3.05) is 0 Å². The van der Waals surface area contributed by atoms with E-state index in [2.05, 4.69) is 0 Å². The van der Waals surface area contributed by atoms with Gasteiger partial charge in [-0.3, -0.25) is 4.79 Å². The molecule has 0 amide bonds. The molecule has 2 atom stereocenters. The second-order valence-corrected chi connectivity index (χ2v) is 8.15. The van der Waals surface area contributed by atoms with Crippen molar-refractivity contribution >= 4 is 5.78 Å². The zero-order valence-electron chi connectivity index (χ0n) is 17.8. The van der Waals surface area contributed by atoms with Crippen molar-refractivity contribution in [3.05, 3.63) is 75.9 Å². The first-order valence-electron chi connectivity index (χ1n) is 10.0. The Bertz CT molecular complexity index is 1020. The topological polar surface area (TPSA) is 87.0 Å². The predicted molar refractivity (Wildman–Crippen MR) is 116 cm³/mol. The molecule has 0 saturated heterocycles. The van der Waals surface area contributed by atoms with Gasteiger partial charge >= 0.3 is 0 Å². The molecule has 2 aromatic carbocycles. The van der Waals surface area contributed by atoms with Gasteiger partial charge in [-0.1, -0.05) is 29.4 Å². The van der Waals surface area contributed by atoms with Crippen LogP contribution in [0.15, 0.2) is 53.6 Å². The third-order valence-corrected chi connectivity index (χ3v) is 5.18. The lowest BCUT2D eigenvalue weighted by Crippen LogP contribution is -2.36. The lowest BCUT2D eigenvalue weighted by Gasteiger charge is -2.31. The molecule has 1 heterocycles. The number of rotatable bonds is 5. The van der Waals surface area contributed by atoms with Crippen LogP contribution in [-0.4, -0.2) is 27.2 Å². The van der Waals surface area contributed by atoms with E-state index >= 15 is 0 Å². The van der Waals surface area contributed by atoms with E-state index in [9.17, 15) is 20.1 Å². The van der Waals surface area contributed by atoms with Crippen molar-refractivity contribution in [2.24, 2.45) is 0 Å². The number of hydrogen-bond acceptors (Lipinski definition) is 5. The van der Waals surface area contributed by atoms with Gasteiger partial charge in [0.25, 0.3) is 0 Å². The molecule has 0 radical (unpaired) electrons. The van der Waals surface area contributed by atoms with Crippen molar-refractivity contribution in [1.82, 2.24) is 0 Å². The molecule has 0 aliphatic carbocycles. The molecule has 158 valence electrons. The van der Waals surface area contributed by atoms with Gasteiger partial charge in [-0.15, -0.1) is 0 Å². The third-order valence-electron chi connectivity index (χ3n) is 5.18. The van der Waals surface area contributed by atoms with E-state index in [1.165, 1.54) is 12.1 Å². The number of aliphatic hydroxyl groups is 1. The molecule has 0 spiro atoms. The van der Waals surface area contributed by atoms with Crippen molar-refractivity contribution in [3.63, 3.8) is 0 Å². The molecule has 30 heavy (non-hydrogen) atoms. The van der Waals surface area contributed by atoms with Crippen LogP contribution in [0.2, 0.25) is 0 Å². The number of Topliss-reactive ketones (excluding diaryl/α,β-unsaturated/α-hetero) is 1. The Balaban J connectivity index is 2.04. The van der Waals surface area contributed by atoms with Gasteiger partial charge in [0.2, 0.25) is 0 Å². The number of fused-ring (bicyclic) bond motifs is 1. The minimum absolute atomic E-state index is 0.0455. The van der Waals surface area contributed by atoms with E-state index in [4.69, 9.17) is 4.74 Å². The van der Waals surface area contributed by atoms with E-state index in [1.54, 1.807) is 18.2 Å². The molecule has 1 unspecified atom stereocenters. The molecule has 0 aromatic heterocycles. The predicted octanol–water partition coefficient (Wildman–Crippen LogP) is 4.79. The zero-order chi connectivity index (χ0) is 22.0. The molecule has 1 aliphatic rings. The fourth-order valence-electron chi connectivity index (χ4n) is 3.45. The monoisotopic (exact) mass is 408 g/mol. The molecule has 3 N–H and O–H groups in total. The van der Waals surface area contributed by atoms with Crippen LogP contribution in [0.3, 0.4) is 0 Å². The number of aromatic hydroxyl groups is 2. The Morgan fingerprint density at radius 1 is 0.967 bits per heavy atom. The largest absolute Gasteiger partial charge is 0.508 e. The first-order chi connectivity index (χ1) is 14.2. The van der Waals surface area contributed by atoms with Gasteiger partial charge in [-0.25, -0.2) is 0 Å². The van der Waals surface area contributed by atoms with Crippen LogP contribution in [0.1, 0.15) is 60.8 Å². The quantitative estimate of drug-likeness (QED) is 0.619. The zero-order valence-corrected chi connectivity index (χ0v) is 17.8. The summed E-state index contributed by atoms with van der Waals surface area (Å²) in [5.74, 6) is 0.0460. The van der Waals surface area contributed by atoms with E-state index in [0.717, 1.165) is 11.1 Å². The SMILES string of the molecule is CC(C)=CCc1cc(C2Oc3c(ccc(O)c3CC=C(C)C)C(=O)[C@@H]2O)ccc1O. The van der Waals surface area contributed by atoms with Gasteiger partial charge in [0, 0.05) is 5.56 Å². The minimum Gasteiger partial charge on any atom is -0.508 e. The van der Waals surface area contributed by atoms with Gasteiger partial charge in [0.1, 0.15) is 17.2 Å². The van der Waals surface area contributed by atoms with Crippen LogP contribution < -0.4 is 4.74 Å². The summed E-state index contributed by atoms with van der Waals surface area (Å²) in [4.78, 5) is 12.9. The number of allylic oxidation sites excluding steroid dienone is 4. The minimum atomic E-state index is -1.38. The van der Waals surface area contributed by atoms with Gasteiger partial charge < -0.3 is 20.1 Å². The average Bonchev–Trinajstić information content (AvgIpc) is 2.69.